The van der Waals surface area contributed by atoms with Crippen LogP contribution in [0.25, 0.3) is 0 Å². The largest absolute Gasteiger partial charge is 0.323 e. The molecule has 10 heteroatoms. The van der Waals surface area contributed by atoms with Gasteiger partial charge in [0, 0.05) is 5.56 Å². The number of hydrogen-bond donors (Lipinski definition) is 3. The van der Waals surface area contributed by atoms with E-state index >= 15 is 0 Å². The number of amides is 3. The maximum absolute atomic E-state index is 13.1. The Bertz CT molecular complexity index is 1050. The molecule has 31 heavy (non-hydrogen) atoms. The number of aromatic amines is 1. The van der Waals surface area contributed by atoms with Crippen LogP contribution in [-0.2, 0) is 16.9 Å². The van der Waals surface area contributed by atoms with Gasteiger partial charge in [0.1, 0.15) is 0 Å². The van der Waals surface area contributed by atoms with Crippen molar-refractivity contribution >= 4 is 56.7 Å². The van der Waals surface area contributed by atoms with Gasteiger partial charge in [-0.1, -0.05) is 29.3 Å². The summed E-state index contributed by atoms with van der Waals surface area (Å²) in [6, 6.07) is 4.73. The summed E-state index contributed by atoms with van der Waals surface area (Å²) >= 11 is 12.4. The molecule has 0 saturated heterocycles. The molecule has 2 aromatic rings. The van der Waals surface area contributed by atoms with Crippen molar-refractivity contribution in [2.75, 3.05) is 29.4 Å². The molecule has 2 aliphatic rings. The molecule has 1 aliphatic carbocycles. The van der Waals surface area contributed by atoms with Crippen LogP contribution in [0.15, 0.2) is 18.2 Å². The first-order valence-electron chi connectivity index (χ1n) is 9.98. The Morgan fingerprint density at radius 3 is 2.29 bits per heavy atom. The van der Waals surface area contributed by atoms with Gasteiger partial charge in [-0.15, -0.1) is 0 Å². The van der Waals surface area contributed by atoms with Crippen molar-refractivity contribution in [1.29, 1.82) is 0 Å². The first-order chi connectivity index (χ1) is 14.4. The Morgan fingerprint density at radius 2 is 1.74 bits per heavy atom. The van der Waals surface area contributed by atoms with Gasteiger partial charge in [-0.3, -0.25) is 9.89 Å². The van der Waals surface area contributed by atoms with Crippen LogP contribution in [0.2, 0.25) is 10.0 Å². The molecule has 0 radical (unpaired) electrons. The Morgan fingerprint density at radius 1 is 1.13 bits per heavy atom. The first-order valence-corrected chi connectivity index (χ1v) is 13.6. The van der Waals surface area contributed by atoms with E-state index in [2.05, 4.69) is 39.6 Å². The molecular formula is C21H27Cl2N5O2S. The van der Waals surface area contributed by atoms with Gasteiger partial charge in [-0.05, 0) is 57.6 Å². The minimum Gasteiger partial charge on any atom is -0.309 e. The second-order valence-electron chi connectivity index (χ2n) is 9.38. The zero-order valence-corrected chi connectivity index (χ0v) is 20.6. The van der Waals surface area contributed by atoms with Crippen LogP contribution in [0.4, 0.5) is 16.3 Å². The fourth-order valence-corrected chi connectivity index (χ4v) is 6.62. The first kappa shape index (κ1) is 22.3. The molecule has 0 bridgehead atoms. The lowest BCUT2D eigenvalue weighted by Crippen LogP contribution is -2.43. The molecular weight excluding hydrogens is 457 g/mol. The highest BCUT2D eigenvalue weighted by molar-refractivity contribution is 8.34. The van der Waals surface area contributed by atoms with Crippen LogP contribution in [0, 0.1) is 0 Å². The summed E-state index contributed by atoms with van der Waals surface area (Å²) in [4.78, 5) is 27.9. The molecule has 168 valence electrons. The second-order valence-corrected chi connectivity index (χ2v) is 14.7. The molecule has 4 rings (SSSR count). The van der Waals surface area contributed by atoms with Crippen molar-refractivity contribution in [3.8, 4) is 0 Å². The molecule has 1 saturated carbocycles. The number of anilines is 2. The molecule has 7 nitrogen and oxygen atoms in total. The Labute approximate surface area is 193 Å². The normalized spacial score (nSPS) is 19.0. The van der Waals surface area contributed by atoms with Crippen LogP contribution >= 0.6 is 33.2 Å². The zero-order chi connectivity index (χ0) is 22.8. The van der Waals surface area contributed by atoms with Gasteiger partial charge < -0.3 is 15.5 Å². The maximum atomic E-state index is 13.1. The van der Waals surface area contributed by atoms with Crippen LogP contribution in [0.3, 0.4) is 0 Å². The van der Waals surface area contributed by atoms with E-state index in [9.17, 15) is 9.59 Å². The molecule has 1 fully saturated rings. The summed E-state index contributed by atoms with van der Waals surface area (Å²) in [6.45, 7) is 4.16. The number of para-hydroxylation sites is 1. The van der Waals surface area contributed by atoms with Crippen molar-refractivity contribution in [3.05, 3.63) is 39.5 Å². The molecule has 0 atom stereocenters. The lowest BCUT2D eigenvalue weighted by Gasteiger charge is -2.35. The molecule has 1 aliphatic heterocycles. The number of nitrogens with zero attached hydrogens (tertiary/aromatic N) is 2. The molecule has 0 unspecified atom stereocenters. The van der Waals surface area contributed by atoms with E-state index in [1.807, 2.05) is 13.8 Å². The number of rotatable bonds is 4. The maximum Gasteiger partial charge on any atom is 0.323 e. The van der Waals surface area contributed by atoms with Crippen molar-refractivity contribution in [2.45, 2.75) is 43.5 Å². The Balaban J connectivity index is 1.56. The summed E-state index contributed by atoms with van der Waals surface area (Å²) in [7, 11) is -1.05. The average Bonchev–Trinajstić information content (AvgIpc) is 3.33. The monoisotopic (exact) mass is 483 g/mol. The fourth-order valence-electron chi connectivity index (χ4n) is 4.19. The number of halogens is 2. The van der Waals surface area contributed by atoms with E-state index in [1.54, 1.807) is 23.1 Å². The fraction of sp³-hybridized carbons (Fsp3) is 0.476. The van der Waals surface area contributed by atoms with Gasteiger partial charge in [-0.25, -0.2) is 14.8 Å². The van der Waals surface area contributed by atoms with E-state index in [1.165, 1.54) is 0 Å². The van der Waals surface area contributed by atoms with E-state index in [4.69, 9.17) is 23.2 Å². The van der Waals surface area contributed by atoms with Gasteiger partial charge in [0.2, 0.25) is 5.91 Å². The number of nitrogens with one attached hydrogen (secondary N) is 3. The SMILES string of the molecule is CC1(C)c2[nH]nc(NC(=O)C3(S(C)(C)C)CC3)c2CN1C(=O)Nc1c(Cl)cccc1Cl. The van der Waals surface area contributed by atoms with Gasteiger partial charge in [-0.2, -0.15) is 5.10 Å². The summed E-state index contributed by atoms with van der Waals surface area (Å²) < 4.78 is -0.287. The van der Waals surface area contributed by atoms with Crippen molar-refractivity contribution < 1.29 is 9.59 Å². The number of fused-ring (bicyclic) bond motifs is 1. The van der Waals surface area contributed by atoms with Crippen molar-refractivity contribution in [2.24, 2.45) is 0 Å². The predicted molar refractivity (Wildman–Crippen MR) is 129 cm³/mol. The quantitative estimate of drug-likeness (QED) is 0.560. The highest BCUT2D eigenvalue weighted by Crippen LogP contribution is 2.64. The number of hydrogen-bond acceptors (Lipinski definition) is 3. The Hall–Kier alpha value is -1.90. The van der Waals surface area contributed by atoms with Crippen molar-refractivity contribution in [3.63, 3.8) is 0 Å². The lowest BCUT2D eigenvalue weighted by molar-refractivity contribution is -0.116. The van der Waals surface area contributed by atoms with Gasteiger partial charge in [0.05, 0.1) is 38.3 Å². The van der Waals surface area contributed by atoms with E-state index in [0.717, 1.165) is 24.1 Å². The number of H-pyrrole nitrogens is 1. The second kappa shape index (κ2) is 7.32. The van der Waals surface area contributed by atoms with Crippen LogP contribution in [-0.4, -0.2) is 50.5 Å². The molecule has 3 amide bonds. The third kappa shape index (κ3) is 3.58. The zero-order valence-electron chi connectivity index (χ0n) is 18.2. The van der Waals surface area contributed by atoms with Crippen molar-refractivity contribution in [1.82, 2.24) is 15.1 Å². The third-order valence-electron chi connectivity index (χ3n) is 6.43. The molecule has 0 spiro atoms. The van der Waals surface area contributed by atoms with E-state index < -0.39 is 15.6 Å². The third-order valence-corrected chi connectivity index (χ3v) is 10.00. The van der Waals surface area contributed by atoms with E-state index in [-0.39, 0.29) is 16.7 Å². The number of carbonyl (C=O) groups excluding carboxylic acids is 2. The van der Waals surface area contributed by atoms with Gasteiger partial charge in [0.15, 0.2) is 5.82 Å². The molecule has 3 N–H and O–H groups in total. The number of urea groups is 1. The number of carbonyl (C=O) groups is 2. The van der Waals surface area contributed by atoms with Crippen LogP contribution in [0.5, 0.6) is 0 Å². The van der Waals surface area contributed by atoms with Gasteiger partial charge in [0.25, 0.3) is 0 Å². The minimum atomic E-state index is -1.05. The van der Waals surface area contributed by atoms with Crippen LogP contribution in [0.1, 0.15) is 37.9 Å². The summed E-state index contributed by atoms with van der Waals surface area (Å²) in [5.74, 6) is 0.516. The average molecular weight is 484 g/mol. The predicted octanol–water partition coefficient (Wildman–Crippen LogP) is 5.16. The summed E-state index contributed by atoms with van der Waals surface area (Å²) in [5.41, 5.74) is 1.34. The minimum absolute atomic E-state index is 0.0212. The smallest absolute Gasteiger partial charge is 0.309 e. The number of aromatic nitrogens is 2. The highest BCUT2D eigenvalue weighted by atomic mass is 35.5. The highest BCUT2D eigenvalue weighted by Gasteiger charge is 2.56. The van der Waals surface area contributed by atoms with Crippen LogP contribution < -0.4 is 10.6 Å². The Kier molecular flexibility index (Phi) is 5.26. The number of benzene rings is 1. The van der Waals surface area contributed by atoms with E-state index in [0.29, 0.717) is 28.1 Å². The standard InChI is InChI=1S/C21H27Cl2N5O2S/c1-20(2)16-12(11-28(20)19(30)24-15-13(22)7-6-8-14(15)23)17(27-26-16)25-18(29)21(9-10-21)31(3,4)5/h6-8H,9-11H2,1-5H3,(H,24,30)(H2,25,26,27,29). The topological polar surface area (TPSA) is 90.1 Å². The molecule has 1 aromatic carbocycles. The van der Waals surface area contributed by atoms with Gasteiger partial charge >= 0.3 is 6.03 Å². The summed E-state index contributed by atoms with van der Waals surface area (Å²) in [5, 5.41) is 14.0. The molecule has 1 aromatic heterocycles. The summed E-state index contributed by atoms with van der Waals surface area (Å²) in [6.07, 6.45) is 8.32. The molecule has 2 heterocycles. The lowest BCUT2D eigenvalue weighted by atomic mass is 10.0.